The minimum atomic E-state index is -0.419. The summed E-state index contributed by atoms with van der Waals surface area (Å²) in [5, 5.41) is 0. The summed E-state index contributed by atoms with van der Waals surface area (Å²) in [6.07, 6.45) is 0.850. The lowest BCUT2D eigenvalue weighted by atomic mass is 9.87. The van der Waals surface area contributed by atoms with Gasteiger partial charge in [-0.2, -0.15) is 11.8 Å². The lowest BCUT2D eigenvalue weighted by molar-refractivity contribution is -0.165. The van der Waals surface area contributed by atoms with E-state index < -0.39 is 11.0 Å². The molecule has 1 aliphatic rings. The number of esters is 1. The molecule has 1 fully saturated rings. The molecule has 0 aromatic carbocycles. The fourth-order valence-electron chi connectivity index (χ4n) is 1.40. The molecule has 0 amide bonds. The van der Waals surface area contributed by atoms with Crippen LogP contribution < -0.4 is 5.73 Å². The second-order valence-electron chi connectivity index (χ2n) is 4.79. The van der Waals surface area contributed by atoms with Gasteiger partial charge in [0.15, 0.2) is 0 Å². The van der Waals surface area contributed by atoms with E-state index in [0.29, 0.717) is 6.54 Å². The Kier molecular flexibility index (Phi) is 3.48. The van der Waals surface area contributed by atoms with Gasteiger partial charge in [-0.1, -0.05) is 0 Å². The van der Waals surface area contributed by atoms with E-state index in [1.54, 1.807) is 11.8 Å². The molecule has 0 radical (unpaired) electrons. The third kappa shape index (κ3) is 2.64. The van der Waals surface area contributed by atoms with Crippen LogP contribution in [0.25, 0.3) is 0 Å². The van der Waals surface area contributed by atoms with Crippen molar-refractivity contribution in [3.8, 4) is 0 Å². The second-order valence-corrected chi connectivity index (χ2v) is 5.89. The summed E-state index contributed by atoms with van der Waals surface area (Å²) < 4.78 is 5.38. The summed E-state index contributed by atoms with van der Waals surface area (Å²) in [4.78, 5) is 11.9. The molecule has 0 aromatic rings. The molecule has 0 saturated carbocycles. The SMILES string of the molecule is CC(C)(C)OC(=O)C1(CN)CCSC1. The number of hydrogen-bond donors (Lipinski definition) is 1. The van der Waals surface area contributed by atoms with Gasteiger partial charge >= 0.3 is 5.97 Å². The van der Waals surface area contributed by atoms with Crippen LogP contribution in [-0.4, -0.2) is 29.6 Å². The van der Waals surface area contributed by atoms with E-state index in [9.17, 15) is 4.79 Å². The van der Waals surface area contributed by atoms with Gasteiger partial charge in [0, 0.05) is 12.3 Å². The van der Waals surface area contributed by atoms with Crippen LogP contribution in [0.5, 0.6) is 0 Å². The molecular weight excluding hydrogens is 198 g/mol. The first-order valence-corrected chi connectivity index (χ1v) is 6.06. The predicted molar refractivity (Wildman–Crippen MR) is 59.3 cm³/mol. The molecule has 1 saturated heterocycles. The molecule has 1 unspecified atom stereocenters. The van der Waals surface area contributed by atoms with E-state index in [1.165, 1.54) is 0 Å². The highest BCUT2D eigenvalue weighted by atomic mass is 32.2. The lowest BCUT2D eigenvalue weighted by Gasteiger charge is -2.29. The molecule has 14 heavy (non-hydrogen) atoms. The van der Waals surface area contributed by atoms with Crippen LogP contribution in [0.15, 0.2) is 0 Å². The van der Waals surface area contributed by atoms with Crippen molar-refractivity contribution in [2.75, 3.05) is 18.1 Å². The quantitative estimate of drug-likeness (QED) is 0.711. The average Bonchev–Trinajstić information content (AvgIpc) is 2.49. The first kappa shape index (κ1) is 11.9. The highest BCUT2D eigenvalue weighted by Crippen LogP contribution is 2.37. The molecule has 0 aromatic heterocycles. The van der Waals surface area contributed by atoms with Gasteiger partial charge in [-0.25, -0.2) is 0 Å². The summed E-state index contributed by atoms with van der Waals surface area (Å²) in [5.41, 5.74) is 4.85. The van der Waals surface area contributed by atoms with Crippen molar-refractivity contribution in [1.82, 2.24) is 0 Å². The molecule has 4 heteroatoms. The van der Waals surface area contributed by atoms with Crippen molar-refractivity contribution in [2.45, 2.75) is 32.8 Å². The highest BCUT2D eigenvalue weighted by molar-refractivity contribution is 7.99. The van der Waals surface area contributed by atoms with E-state index in [-0.39, 0.29) is 5.97 Å². The monoisotopic (exact) mass is 217 g/mol. The molecule has 1 heterocycles. The van der Waals surface area contributed by atoms with Crippen LogP contribution in [0.4, 0.5) is 0 Å². The first-order chi connectivity index (χ1) is 6.40. The van der Waals surface area contributed by atoms with Gasteiger partial charge in [0.25, 0.3) is 0 Å². The number of nitrogens with two attached hydrogens (primary N) is 1. The van der Waals surface area contributed by atoms with Gasteiger partial charge in [-0.15, -0.1) is 0 Å². The third-order valence-electron chi connectivity index (χ3n) is 2.33. The van der Waals surface area contributed by atoms with Crippen molar-refractivity contribution in [2.24, 2.45) is 11.1 Å². The van der Waals surface area contributed by atoms with Crippen LogP contribution in [0.2, 0.25) is 0 Å². The van der Waals surface area contributed by atoms with Crippen molar-refractivity contribution in [3.63, 3.8) is 0 Å². The first-order valence-electron chi connectivity index (χ1n) is 4.91. The maximum atomic E-state index is 11.9. The zero-order chi connectivity index (χ0) is 10.8. The Morgan fingerprint density at radius 2 is 2.21 bits per heavy atom. The molecule has 1 aliphatic heterocycles. The molecule has 82 valence electrons. The van der Waals surface area contributed by atoms with E-state index in [4.69, 9.17) is 10.5 Å². The number of thioether (sulfide) groups is 1. The molecule has 0 spiro atoms. The number of ether oxygens (including phenoxy) is 1. The van der Waals surface area contributed by atoms with Crippen LogP contribution in [0.1, 0.15) is 27.2 Å². The minimum absolute atomic E-state index is 0.127. The van der Waals surface area contributed by atoms with Gasteiger partial charge in [0.1, 0.15) is 5.60 Å². The third-order valence-corrected chi connectivity index (χ3v) is 3.58. The molecule has 3 nitrogen and oxygen atoms in total. The Hall–Kier alpha value is -0.220. The summed E-state index contributed by atoms with van der Waals surface area (Å²) in [7, 11) is 0. The number of hydrogen-bond acceptors (Lipinski definition) is 4. The Morgan fingerprint density at radius 3 is 2.57 bits per heavy atom. The molecule has 0 aliphatic carbocycles. The normalized spacial score (nSPS) is 27.7. The van der Waals surface area contributed by atoms with E-state index in [1.807, 2.05) is 20.8 Å². The Balaban J connectivity index is 2.66. The lowest BCUT2D eigenvalue weighted by Crippen LogP contribution is -2.43. The van der Waals surface area contributed by atoms with Crippen LogP contribution in [0, 0.1) is 5.41 Å². The van der Waals surface area contributed by atoms with Gasteiger partial charge in [0.2, 0.25) is 0 Å². The molecule has 0 bridgehead atoms. The Labute approximate surface area is 89.8 Å². The van der Waals surface area contributed by atoms with Gasteiger partial charge in [-0.05, 0) is 32.9 Å². The smallest absolute Gasteiger partial charge is 0.314 e. The van der Waals surface area contributed by atoms with Crippen LogP contribution >= 0.6 is 11.8 Å². The van der Waals surface area contributed by atoms with Crippen molar-refractivity contribution < 1.29 is 9.53 Å². The standard InChI is InChI=1S/C10H19NO2S/c1-9(2,3)13-8(12)10(6-11)4-5-14-7-10/h4-7,11H2,1-3H3. The summed E-state index contributed by atoms with van der Waals surface area (Å²) in [6.45, 7) is 6.06. The minimum Gasteiger partial charge on any atom is -0.459 e. The largest absolute Gasteiger partial charge is 0.459 e. The van der Waals surface area contributed by atoms with E-state index in [0.717, 1.165) is 17.9 Å². The van der Waals surface area contributed by atoms with Crippen molar-refractivity contribution >= 4 is 17.7 Å². The van der Waals surface area contributed by atoms with Crippen molar-refractivity contribution in [1.29, 1.82) is 0 Å². The van der Waals surface area contributed by atoms with Gasteiger partial charge in [0.05, 0.1) is 5.41 Å². The molecular formula is C10H19NO2S. The van der Waals surface area contributed by atoms with E-state index in [2.05, 4.69) is 0 Å². The molecule has 1 rings (SSSR count). The van der Waals surface area contributed by atoms with Crippen LogP contribution in [0.3, 0.4) is 0 Å². The highest BCUT2D eigenvalue weighted by Gasteiger charge is 2.43. The predicted octanol–water partition coefficient (Wildman–Crippen LogP) is 1.41. The topological polar surface area (TPSA) is 52.3 Å². The average molecular weight is 217 g/mol. The maximum absolute atomic E-state index is 11.9. The second kappa shape index (κ2) is 4.11. The Bertz CT molecular complexity index is 217. The Morgan fingerprint density at radius 1 is 1.57 bits per heavy atom. The molecule has 2 N–H and O–H groups in total. The fraction of sp³-hybridized carbons (Fsp3) is 0.900. The summed E-state index contributed by atoms with van der Waals surface area (Å²) >= 11 is 1.78. The summed E-state index contributed by atoms with van der Waals surface area (Å²) in [6, 6.07) is 0. The number of carbonyl (C=O) groups is 1. The summed E-state index contributed by atoms with van der Waals surface area (Å²) in [5.74, 6) is 1.69. The molecule has 1 atom stereocenters. The van der Waals surface area contributed by atoms with Crippen molar-refractivity contribution in [3.05, 3.63) is 0 Å². The maximum Gasteiger partial charge on any atom is 0.314 e. The zero-order valence-electron chi connectivity index (χ0n) is 9.13. The number of rotatable bonds is 2. The zero-order valence-corrected chi connectivity index (χ0v) is 9.95. The van der Waals surface area contributed by atoms with Crippen LogP contribution in [-0.2, 0) is 9.53 Å². The fourth-order valence-corrected chi connectivity index (χ4v) is 2.85. The van der Waals surface area contributed by atoms with Gasteiger partial charge in [-0.3, -0.25) is 4.79 Å². The number of carbonyl (C=O) groups excluding carboxylic acids is 1. The van der Waals surface area contributed by atoms with Gasteiger partial charge < -0.3 is 10.5 Å². The van der Waals surface area contributed by atoms with E-state index >= 15 is 0 Å².